The quantitative estimate of drug-likeness (QED) is 0.246. The van der Waals surface area contributed by atoms with Gasteiger partial charge in [-0.05, 0) is 12.5 Å². The third-order valence-electron chi connectivity index (χ3n) is 5.77. The van der Waals surface area contributed by atoms with Crippen LogP contribution in [0.5, 0.6) is 0 Å². The summed E-state index contributed by atoms with van der Waals surface area (Å²) in [4.78, 5) is 0. The number of allylic oxidation sites excluding steroid dienone is 4. The fraction of sp³-hybridized carbons (Fsp3) is 0.194. The van der Waals surface area contributed by atoms with Crippen molar-refractivity contribution in [3.05, 3.63) is 108 Å². The van der Waals surface area contributed by atoms with Gasteiger partial charge in [0.1, 0.15) is 0 Å². The fourth-order valence-corrected chi connectivity index (χ4v) is 7.11. The Bertz CT molecular complexity index is 1370. The Balaban J connectivity index is 0.000000307. The van der Waals surface area contributed by atoms with E-state index in [1.807, 2.05) is 0 Å². The molecule has 0 saturated heterocycles. The van der Waals surface area contributed by atoms with Crippen LogP contribution in [0.15, 0.2) is 96.6 Å². The average molecular weight is 495 g/mol. The molecule has 1 aliphatic carbocycles. The summed E-state index contributed by atoms with van der Waals surface area (Å²) < 4.78 is 3.34. The van der Waals surface area contributed by atoms with Crippen molar-refractivity contribution in [3.8, 4) is 0 Å². The van der Waals surface area contributed by atoms with Crippen molar-refractivity contribution in [3.63, 3.8) is 0 Å². The molecular weight excluding hydrogens is 464 g/mol. The Morgan fingerprint density at radius 2 is 1.41 bits per heavy atom. The molecular formula is C31H31Zr-. The van der Waals surface area contributed by atoms with Crippen molar-refractivity contribution in [1.82, 2.24) is 0 Å². The second kappa shape index (κ2) is 10.1. The standard InChI is InChI=1S/C25H19.2C3H6.Zr/c1-17-14-23(18-8-3-2-4-9-18)24(15-17)22-13-7-12-21-20-11-6-5-10-19(20)16-25(21)22;2*1-3-2;/h2-16,23H,1H3;2*1-2H3;/q-1;;;. The zero-order chi connectivity index (χ0) is 22.7. The molecule has 0 bridgehead atoms. The molecule has 160 valence electrons. The van der Waals surface area contributed by atoms with Gasteiger partial charge in [-0.2, -0.15) is 0 Å². The van der Waals surface area contributed by atoms with Crippen LogP contribution in [-0.4, -0.2) is 6.41 Å². The minimum atomic E-state index is -0.128. The summed E-state index contributed by atoms with van der Waals surface area (Å²) in [6, 6.07) is 28.5. The fourth-order valence-electron chi connectivity index (χ4n) is 4.65. The predicted octanol–water partition coefficient (Wildman–Crippen LogP) is 8.33. The van der Waals surface area contributed by atoms with Crippen molar-refractivity contribution < 1.29 is 22.3 Å². The molecule has 32 heavy (non-hydrogen) atoms. The molecule has 1 atom stereocenters. The molecule has 1 heteroatoms. The molecule has 0 aliphatic heterocycles. The molecule has 0 spiro atoms. The van der Waals surface area contributed by atoms with Crippen molar-refractivity contribution in [2.75, 3.05) is 0 Å². The van der Waals surface area contributed by atoms with E-state index in [1.54, 1.807) is 6.41 Å². The van der Waals surface area contributed by atoms with Gasteiger partial charge in [0, 0.05) is 5.92 Å². The zero-order valence-electron chi connectivity index (χ0n) is 19.7. The van der Waals surface area contributed by atoms with Crippen LogP contribution in [-0.2, 0) is 22.3 Å². The van der Waals surface area contributed by atoms with Crippen LogP contribution in [0.25, 0.3) is 27.1 Å². The van der Waals surface area contributed by atoms with E-state index in [1.165, 1.54) is 43.8 Å². The summed E-state index contributed by atoms with van der Waals surface area (Å²) in [6.45, 7) is 11.1. The molecule has 0 aromatic heterocycles. The van der Waals surface area contributed by atoms with Gasteiger partial charge < -0.3 is 0 Å². The van der Waals surface area contributed by atoms with E-state index in [2.05, 4.69) is 126 Å². The Morgan fingerprint density at radius 1 is 0.750 bits per heavy atom. The number of rotatable bonds is 2. The molecule has 0 N–H and O–H groups in total. The summed E-state index contributed by atoms with van der Waals surface area (Å²) >= 11 is -0.128. The van der Waals surface area contributed by atoms with Crippen LogP contribution < -0.4 is 0 Å². The number of hydrogen-bond acceptors (Lipinski definition) is 0. The van der Waals surface area contributed by atoms with E-state index in [9.17, 15) is 0 Å². The Kier molecular flexibility index (Phi) is 7.17. The zero-order valence-corrected chi connectivity index (χ0v) is 22.2. The summed E-state index contributed by atoms with van der Waals surface area (Å²) in [5.41, 5.74) is 5.47. The van der Waals surface area contributed by atoms with Gasteiger partial charge in [0.05, 0.1) is 0 Å². The molecule has 0 nitrogen and oxygen atoms in total. The Morgan fingerprint density at radius 3 is 2.09 bits per heavy atom. The SMILES string of the molecule is CC1=CC(c2ccccc2)C(c2cccc3c2[cH-]c2ccccc23)=C1.C[C](C)=[Zr]=[C](C)C. The summed E-state index contributed by atoms with van der Waals surface area (Å²) in [7, 11) is 0. The first-order valence-corrected chi connectivity index (χ1v) is 13.8. The van der Waals surface area contributed by atoms with Gasteiger partial charge in [0.25, 0.3) is 0 Å². The van der Waals surface area contributed by atoms with Crippen LogP contribution in [0, 0.1) is 0 Å². The van der Waals surface area contributed by atoms with Gasteiger partial charge in [-0.15, -0.1) is 33.7 Å². The third kappa shape index (κ3) is 5.00. The van der Waals surface area contributed by atoms with Crippen LogP contribution in [0.3, 0.4) is 0 Å². The summed E-state index contributed by atoms with van der Waals surface area (Å²) in [5, 5.41) is 5.38. The van der Waals surface area contributed by atoms with Gasteiger partial charge in [-0.25, -0.2) is 0 Å². The van der Waals surface area contributed by atoms with E-state index < -0.39 is 0 Å². The molecule has 1 aliphatic rings. The van der Waals surface area contributed by atoms with Crippen molar-refractivity contribution in [1.29, 1.82) is 0 Å². The maximum atomic E-state index is 2.38. The first kappa shape index (κ1) is 22.8. The van der Waals surface area contributed by atoms with E-state index in [0.717, 1.165) is 0 Å². The second-order valence-electron chi connectivity index (χ2n) is 9.02. The molecule has 4 aromatic carbocycles. The summed E-state index contributed by atoms with van der Waals surface area (Å²) in [5.74, 6) is 0.338. The molecule has 1 unspecified atom stereocenters. The van der Waals surface area contributed by atoms with Gasteiger partial charge in [-0.3, -0.25) is 0 Å². The van der Waals surface area contributed by atoms with Crippen molar-refractivity contribution in [2.24, 2.45) is 0 Å². The van der Waals surface area contributed by atoms with Crippen molar-refractivity contribution in [2.45, 2.75) is 40.5 Å². The Labute approximate surface area is 203 Å². The van der Waals surface area contributed by atoms with Crippen LogP contribution in [0.2, 0.25) is 0 Å². The third-order valence-corrected chi connectivity index (χ3v) is 8.23. The van der Waals surface area contributed by atoms with E-state index in [4.69, 9.17) is 0 Å². The van der Waals surface area contributed by atoms with Crippen LogP contribution >= 0.6 is 0 Å². The van der Waals surface area contributed by atoms with Gasteiger partial charge in [-0.1, -0.05) is 95.6 Å². The molecule has 0 fully saturated rings. The second-order valence-corrected chi connectivity index (χ2v) is 14.6. The average Bonchev–Trinajstić information content (AvgIpc) is 3.34. The van der Waals surface area contributed by atoms with Gasteiger partial charge in [0.15, 0.2) is 0 Å². The van der Waals surface area contributed by atoms with E-state index >= 15 is 0 Å². The van der Waals surface area contributed by atoms with E-state index in [0.29, 0.717) is 5.92 Å². The van der Waals surface area contributed by atoms with E-state index in [-0.39, 0.29) is 22.3 Å². The maximum absolute atomic E-state index is 2.38. The number of benzene rings is 3. The van der Waals surface area contributed by atoms with Gasteiger partial charge in [0.2, 0.25) is 0 Å². The number of fused-ring (bicyclic) bond motifs is 3. The summed E-state index contributed by atoms with van der Waals surface area (Å²) in [6.07, 6.45) is 4.73. The first-order chi connectivity index (χ1) is 15.4. The monoisotopic (exact) mass is 493 g/mol. The minimum absolute atomic E-state index is 0.128. The molecule has 0 saturated carbocycles. The normalized spacial score (nSPS) is 15.0. The molecule has 0 radical (unpaired) electrons. The van der Waals surface area contributed by atoms with Crippen molar-refractivity contribution >= 4 is 33.5 Å². The molecule has 4 aromatic rings. The molecule has 5 rings (SSSR count). The predicted molar refractivity (Wildman–Crippen MR) is 141 cm³/mol. The van der Waals surface area contributed by atoms with Gasteiger partial charge >= 0.3 is 56.4 Å². The Hall–Kier alpha value is -2.37. The molecule has 0 heterocycles. The van der Waals surface area contributed by atoms with Crippen LogP contribution in [0.4, 0.5) is 0 Å². The number of hydrogen-bond donors (Lipinski definition) is 0. The topological polar surface area (TPSA) is 0 Å². The molecule has 0 amide bonds. The first-order valence-electron chi connectivity index (χ1n) is 11.3. The van der Waals surface area contributed by atoms with Crippen LogP contribution in [0.1, 0.15) is 51.7 Å².